The van der Waals surface area contributed by atoms with Gasteiger partial charge in [-0.1, -0.05) is 229 Å². The molecular weight excluding hydrogens is 822 g/mol. The van der Waals surface area contributed by atoms with E-state index in [0.29, 0.717) is 6.42 Å². The first-order chi connectivity index (χ1) is 31.3. The van der Waals surface area contributed by atoms with E-state index in [0.717, 1.165) is 83.5 Å². The Hall–Kier alpha value is -2.29. The summed E-state index contributed by atoms with van der Waals surface area (Å²) in [5, 5.41) is 12.8. The van der Waals surface area contributed by atoms with Gasteiger partial charge in [0.25, 0.3) is 0 Å². The number of rotatable bonds is 49. The fourth-order valence-electron chi connectivity index (χ4n) is 7.29. The topological polar surface area (TPSA) is 131 Å². The minimum atomic E-state index is -4.43. The Kier molecular flexibility index (Phi) is 48.3. The van der Waals surface area contributed by atoms with E-state index in [-0.39, 0.29) is 32.1 Å². The Labute approximate surface area is 393 Å². The number of hydrogen-bond donors (Lipinski definition) is 3. The van der Waals surface area contributed by atoms with Crippen molar-refractivity contribution in [2.45, 2.75) is 245 Å². The fourth-order valence-corrected chi connectivity index (χ4v) is 8.05. The Bertz CT molecular complexity index is 1230. The van der Waals surface area contributed by atoms with Crippen LogP contribution >= 0.6 is 7.82 Å². The van der Waals surface area contributed by atoms with Gasteiger partial charge in [-0.2, -0.15) is 0 Å². The number of hydrogen-bond acceptors (Lipinski definition) is 7. The predicted octanol–water partition coefficient (Wildman–Crippen LogP) is 15.6. The average Bonchev–Trinajstić information content (AvgIpc) is 3.28. The van der Waals surface area contributed by atoms with Gasteiger partial charge in [0.05, 0.1) is 13.2 Å². The lowest BCUT2D eigenvalue weighted by molar-refractivity contribution is -0.147. The first-order valence-corrected chi connectivity index (χ1v) is 27.8. The van der Waals surface area contributed by atoms with Crippen molar-refractivity contribution >= 4 is 19.7 Å². The molecule has 10 heteroatoms. The van der Waals surface area contributed by atoms with E-state index in [9.17, 15) is 24.2 Å². The fraction of sp³-hybridized carbons (Fsp3) is 0.778. The summed E-state index contributed by atoms with van der Waals surface area (Å²) in [7, 11) is -4.43. The summed E-state index contributed by atoms with van der Waals surface area (Å²) >= 11 is 0. The van der Waals surface area contributed by atoms with Crippen LogP contribution in [0.25, 0.3) is 0 Å². The van der Waals surface area contributed by atoms with Crippen molar-refractivity contribution in [1.82, 2.24) is 5.32 Å². The van der Waals surface area contributed by atoms with Crippen LogP contribution in [-0.2, 0) is 27.9 Å². The van der Waals surface area contributed by atoms with Gasteiger partial charge >= 0.3 is 13.8 Å². The Balaban J connectivity index is 3.57. The molecule has 1 amide bonds. The van der Waals surface area contributed by atoms with Crippen LogP contribution in [0.2, 0.25) is 0 Å². The number of allylic oxidation sites excluding steroid dienone is 10. The molecule has 3 N–H and O–H groups in total. The number of ether oxygens (including phenoxy) is 1. The van der Waals surface area contributed by atoms with Crippen LogP contribution in [0.4, 0.5) is 0 Å². The molecule has 0 aliphatic rings. The van der Waals surface area contributed by atoms with E-state index in [4.69, 9.17) is 13.8 Å². The smallest absolute Gasteiger partial charge is 0.463 e. The molecule has 2 atom stereocenters. The van der Waals surface area contributed by atoms with Gasteiger partial charge in [0.1, 0.15) is 12.7 Å². The van der Waals surface area contributed by atoms with E-state index in [1.165, 1.54) is 128 Å². The number of carbonyl (C=O) groups is 2. The summed E-state index contributed by atoms with van der Waals surface area (Å²) in [6, 6.07) is 0. The zero-order valence-corrected chi connectivity index (χ0v) is 42.1. The maximum atomic E-state index is 12.2. The normalized spacial score (nSPS) is 13.6. The number of carbonyl (C=O) groups excluding carboxylic acids is 2. The van der Waals surface area contributed by atoms with Crippen molar-refractivity contribution < 1.29 is 37.9 Å². The van der Waals surface area contributed by atoms with Gasteiger partial charge in [0.15, 0.2) is 0 Å². The van der Waals surface area contributed by atoms with E-state index in [2.05, 4.69) is 79.9 Å². The summed E-state index contributed by atoms with van der Waals surface area (Å²) in [6.45, 7) is 3.46. The average molecular weight is 920 g/mol. The molecule has 372 valence electrons. The highest BCUT2D eigenvalue weighted by Gasteiger charge is 2.23. The van der Waals surface area contributed by atoms with Crippen molar-refractivity contribution in [3.8, 4) is 0 Å². The van der Waals surface area contributed by atoms with E-state index >= 15 is 0 Å². The lowest BCUT2D eigenvalue weighted by Gasteiger charge is -2.15. The van der Waals surface area contributed by atoms with Gasteiger partial charge in [0.2, 0.25) is 5.91 Å². The molecule has 0 aromatic heterocycles. The third-order valence-corrected chi connectivity index (χ3v) is 12.2. The number of nitrogens with one attached hydrogen (secondary N) is 1. The summed E-state index contributed by atoms with van der Waals surface area (Å²) in [4.78, 5) is 34.1. The molecule has 2 unspecified atom stereocenters. The monoisotopic (exact) mass is 920 g/mol. The third-order valence-electron chi connectivity index (χ3n) is 11.2. The van der Waals surface area contributed by atoms with Gasteiger partial charge < -0.3 is 20.1 Å². The van der Waals surface area contributed by atoms with Crippen molar-refractivity contribution in [2.75, 3.05) is 26.4 Å². The first kappa shape index (κ1) is 61.7. The van der Waals surface area contributed by atoms with E-state index in [1.807, 2.05) is 0 Å². The zero-order chi connectivity index (χ0) is 46.7. The molecule has 0 aliphatic carbocycles. The molecule has 9 nitrogen and oxygen atoms in total. The molecule has 0 radical (unpaired) electrons. The Morgan fingerprint density at radius 3 is 1.34 bits per heavy atom. The van der Waals surface area contributed by atoms with Gasteiger partial charge in [-0.3, -0.25) is 18.6 Å². The molecule has 0 aromatic rings. The first-order valence-electron chi connectivity index (χ1n) is 26.3. The maximum absolute atomic E-state index is 12.2. The molecule has 0 heterocycles. The summed E-state index contributed by atoms with van der Waals surface area (Å²) < 4.78 is 27.0. The molecule has 0 rings (SSSR count). The van der Waals surface area contributed by atoms with Gasteiger partial charge in [0, 0.05) is 19.4 Å². The Morgan fingerprint density at radius 1 is 0.500 bits per heavy atom. The molecule has 0 bridgehead atoms. The Morgan fingerprint density at radius 2 is 0.891 bits per heavy atom. The standard InChI is InChI=1S/C54H98NO8P/c1-3-5-7-9-11-13-15-17-19-21-23-25-26-27-29-31-33-35-37-39-41-43-45-47-54(58)61-50-52(56)51-63-64(59,60)62-49-48-55-53(57)46-44-42-40-38-36-34-32-30-28-24-22-20-18-16-14-12-10-8-6-4-2/h5,7,11,13,17,19,23,25,27,29,52,56H,3-4,6,8-10,12,14-16,18,20-22,24,26,28,30-51H2,1-2H3,(H,55,57)(H,59,60)/b7-5-,13-11-,19-17-,25-23-,29-27-. The van der Waals surface area contributed by atoms with Crippen LogP contribution in [0.15, 0.2) is 60.8 Å². The summed E-state index contributed by atoms with van der Waals surface area (Å²) in [6.07, 6.45) is 61.6. The SMILES string of the molecule is CC/C=C\C/C=C\C/C=C\C/C=C\C/C=C\CCCCCCCCCC(=O)OCC(O)COP(=O)(O)OCCNC(=O)CCCCCCCCCCCCCCCCCCCCCC. The van der Waals surface area contributed by atoms with Crippen LogP contribution < -0.4 is 5.32 Å². The number of amides is 1. The van der Waals surface area contributed by atoms with Crippen LogP contribution in [-0.4, -0.2) is 54.3 Å². The van der Waals surface area contributed by atoms with E-state index < -0.39 is 26.5 Å². The lowest BCUT2D eigenvalue weighted by Crippen LogP contribution is -2.27. The van der Waals surface area contributed by atoms with Crippen molar-refractivity contribution in [3.63, 3.8) is 0 Å². The van der Waals surface area contributed by atoms with Crippen LogP contribution in [0.1, 0.15) is 239 Å². The van der Waals surface area contributed by atoms with Gasteiger partial charge in [-0.05, 0) is 57.8 Å². The quantitative estimate of drug-likeness (QED) is 0.0238. The molecular formula is C54H98NO8P. The van der Waals surface area contributed by atoms with Crippen LogP contribution in [0, 0.1) is 0 Å². The number of phosphoric ester groups is 1. The maximum Gasteiger partial charge on any atom is 0.472 e. The summed E-state index contributed by atoms with van der Waals surface area (Å²) in [5.41, 5.74) is 0. The number of phosphoric acid groups is 1. The molecule has 0 saturated carbocycles. The van der Waals surface area contributed by atoms with Crippen molar-refractivity contribution in [2.24, 2.45) is 0 Å². The molecule has 0 saturated heterocycles. The third kappa shape index (κ3) is 50.7. The largest absolute Gasteiger partial charge is 0.472 e. The van der Waals surface area contributed by atoms with Crippen LogP contribution in [0.5, 0.6) is 0 Å². The molecule has 64 heavy (non-hydrogen) atoms. The minimum absolute atomic E-state index is 0.0813. The van der Waals surface area contributed by atoms with E-state index in [1.54, 1.807) is 0 Å². The number of aliphatic hydroxyl groups excluding tert-OH is 1. The highest BCUT2D eigenvalue weighted by atomic mass is 31.2. The minimum Gasteiger partial charge on any atom is -0.463 e. The second-order valence-electron chi connectivity index (χ2n) is 17.5. The molecule has 0 spiro atoms. The highest BCUT2D eigenvalue weighted by molar-refractivity contribution is 7.47. The zero-order valence-electron chi connectivity index (χ0n) is 41.2. The van der Waals surface area contributed by atoms with Crippen LogP contribution in [0.3, 0.4) is 0 Å². The summed E-state index contributed by atoms with van der Waals surface area (Å²) in [5.74, 6) is -0.522. The van der Waals surface area contributed by atoms with Crippen molar-refractivity contribution in [1.29, 1.82) is 0 Å². The second-order valence-corrected chi connectivity index (χ2v) is 18.9. The molecule has 0 aromatic carbocycles. The molecule has 0 aliphatic heterocycles. The number of unbranched alkanes of at least 4 members (excludes halogenated alkanes) is 26. The highest BCUT2D eigenvalue weighted by Crippen LogP contribution is 2.42. The molecule has 0 fully saturated rings. The number of aliphatic hydroxyl groups is 1. The van der Waals surface area contributed by atoms with Gasteiger partial charge in [-0.25, -0.2) is 4.57 Å². The lowest BCUT2D eigenvalue weighted by atomic mass is 10.0. The number of esters is 1. The second kappa shape index (κ2) is 50.1. The van der Waals surface area contributed by atoms with Gasteiger partial charge in [-0.15, -0.1) is 0 Å². The predicted molar refractivity (Wildman–Crippen MR) is 270 cm³/mol. The van der Waals surface area contributed by atoms with Crippen molar-refractivity contribution in [3.05, 3.63) is 60.8 Å².